The second kappa shape index (κ2) is 7.10. The van der Waals surface area contributed by atoms with Crippen molar-refractivity contribution in [3.8, 4) is 0 Å². The maximum atomic E-state index is 12.3. The van der Waals surface area contributed by atoms with Crippen molar-refractivity contribution >= 4 is 33.2 Å². The molecule has 0 aliphatic heterocycles. The fourth-order valence-electron chi connectivity index (χ4n) is 2.49. The lowest BCUT2D eigenvalue weighted by molar-refractivity contribution is 0.0467. The Labute approximate surface area is 159 Å². The highest BCUT2D eigenvalue weighted by molar-refractivity contribution is 7.89. The number of rotatable bonds is 4. The highest BCUT2D eigenvalue weighted by Gasteiger charge is 2.17. The summed E-state index contributed by atoms with van der Waals surface area (Å²) < 4.78 is 29.4. The van der Waals surface area contributed by atoms with Crippen molar-refractivity contribution in [1.29, 1.82) is 0 Å². The highest BCUT2D eigenvalue weighted by atomic mass is 35.5. The van der Waals surface area contributed by atoms with E-state index in [0.717, 1.165) is 11.8 Å². The van der Waals surface area contributed by atoms with Gasteiger partial charge in [-0.2, -0.15) is 0 Å². The molecule has 2 aromatic heterocycles. The minimum atomic E-state index is -4.00. The monoisotopic (exact) mass is 407 g/mol. The zero-order valence-electron chi connectivity index (χ0n) is 14.0. The van der Waals surface area contributed by atoms with Crippen LogP contribution in [0.5, 0.6) is 0 Å². The standard InChI is InChI=1S/C17H14ClN3O5S/c1-10-3-2-4-15-20-11(7-16(22)21(10)15)9-26-17(23)13-8-12(27(19,24)25)5-6-14(13)18/h2-8H,9H2,1H3,(H2,19,24,25). The van der Waals surface area contributed by atoms with Crippen LogP contribution < -0.4 is 10.7 Å². The molecule has 0 unspecified atom stereocenters. The number of aryl methyl sites for hydroxylation is 1. The van der Waals surface area contributed by atoms with Crippen molar-refractivity contribution in [2.45, 2.75) is 18.4 Å². The summed E-state index contributed by atoms with van der Waals surface area (Å²) in [6.45, 7) is 1.49. The molecular formula is C17H14ClN3O5S. The number of ether oxygens (including phenoxy) is 1. The largest absolute Gasteiger partial charge is 0.456 e. The molecule has 1 aromatic carbocycles. The Balaban J connectivity index is 1.86. The first kappa shape index (κ1) is 19.0. The third-order valence-electron chi connectivity index (χ3n) is 3.77. The summed E-state index contributed by atoms with van der Waals surface area (Å²) in [6.07, 6.45) is 0. The number of esters is 1. The molecule has 3 rings (SSSR count). The van der Waals surface area contributed by atoms with Crippen LogP contribution in [0.15, 0.2) is 52.2 Å². The lowest BCUT2D eigenvalue weighted by Crippen LogP contribution is -2.18. The van der Waals surface area contributed by atoms with Gasteiger partial charge in [0.1, 0.15) is 12.3 Å². The van der Waals surface area contributed by atoms with Gasteiger partial charge in [-0.1, -0.05) is 17.7 Å². The molecule has 8 nitrogen and oxygen atoms in total. The molecular weight excluding hydrogens is 394 g/mol. The fourth-order valence-corrected chi connectivity index (χ4v) is 3.23. The number of aromatic nitrogens is 2. The average molecular weight is 408 g/mol. The molecule has 0 aliphatic carbocycles. The molecule has 0 spiro atoms. The van der Waals surface area contributed by atoms with Crippen molar-refractivity contribution in [2.75, 3.05) is 0 Å². The number of carbonyl (C=O) groups is 1. The number of nitrogens with zero attached hydrogens (tertiary/aromatic N) is 2. The van der Waals surface area contributed by atoms with Gasteiger partial charge in [0, 0.05) is 11.8 Å². The molecule has 3 aromatic rings. The number of primary sulfonamides is 1. The van der Waals surface area contributed by atoms with Gasteiger partial charge in [0.15, 0.2) is 0 Å². The third kappa shape index (κ3) is 4.00. The molecule has 0 saturated heterocycles. The van der Waals surface area contributed by atoms with E-state index in [1.54, 1.807) is 25.1 Å². The van der Waals surface area contributed by atoms with Gasteiger partial charge in [0.25, 0.3) is 5.56 Å². The van der Waals surface area contributed by atoms with Gasteiger partial charge in [-0.3, -0.25) is 9.20 Å². The van der Waals surface area contributed by atoms with E-state index in [1.165, 1.54) is 22.6 Å². The molecule has 0 amide bonds. The molecule has 2 heterocycles. The van der Waals surface area contributed by atoms with Crippen LogP contribution >= 0.6 is 11.6 Å². The number of halogens is 1. The summed E-state index contributed by atoms with van der Waals surface area (Å²) in [6, 6.07) is 9.90. The lowest BCUT2D eigenvalue weighted by atomic mass is 10.2. The Morgan fingerprint density at radius 3 is 2.70 bits per heavy atom. The van der Waals surface area contributed by atoms with E-state index in [4.69, 9.17) is 21.5 Å². The number of fused-ring (bicyclic) bond motifs is 1. The van der Waals surface area contributed by atoms with E-state index >= 15 is 0 Å². The normalized spacial score (nSPS) is 11.5. The predicted octanol–water partition coefficient (Wildman–Crippen LogP) is 1.66. The first-order valence-corrected chi connectivity index (χ1v) is 9.57. The SMILES string of the molecule is Cc1cccc2nc(COC(=O)c3cc(S(N)(=O)=O)ccc3Cl)cc(=O)n12. The number of nitrogens with two attached hydrogens (primary N) is 1. The van der Waals surface area contributed by atoms with E-state index in [0.29, 0.717) is 5.65 Å². The van der Waals surface area contributed by atoms with Crippen LogP contribution in [0.1, 0.15) is 21.7 Å². The van der Waals surface area contributed by atoms with Gasteiger partial charge in [0.05, 0.1) is 21.2 Å². The van der Waals surface area contributed by atoms with Crippen LogP contribution in [0.3, 0.4) is 0 Å². The maximum Gasteiger partial charge on any atom is 0.340 e. The second-order valence-electron chi connectivity index (χ2n) is 5.71. The van der Waals surface area contributed by atoms with Crippen LogP contribution in [0, 0.1) is 6.92 Å². The Morgan fingerprint density at radius 1 is 1.26 bits per heavy atom. The van der Waals surface area contributed by atoms with Crippen LogP contribution in [-0.2, 0) is 21.4 Å². The number of hydrogen-bond donors (Lipinski definition) is 1. The molecule has 0 fully saturated rings. The summed E-state index contributed by atoms with van der Waals surface area (Å²) in [5.41, 5.74) is 0.926. The fraction of sp³-hybridized carbons (Fsp3) is 0.118. The van der Waals surface area contributed by atoms with Crippen molar-refractivity contribution in [2.24, 2.45) is 5.14 Å². The number of benzene rings is 1. The van der Waals surface area contributed by atoms with Crippen molar-refractivity contribution < 1.29 is 17.9 Å². The first-order chi connectivity index (χ1) is 12.7. The second-order valence-corrected chi connectivity index (χ2v) is 7.68. The smallest absolute Gasteiger partial charge is 0.340 e. The zero-order valence-corrected chi connectivity index (χ0v) is 15.6. The lowest BCUT2D eigenvalue weighted by Gasteiger charge is -2.09. The number of carbonyl (C=O) groups excluding carboxylic acids is 1. The van der Waals surface area contributed by atoms with Gasteiger partial charge in [-0.15, -0.1) is 0 Å². The Hall–Kier alpha value is -2.75. The number of hydrogen-bond acceptors (Lipinski definition) is 6. The van der Waals surface area contributed by atoms with Crippen molar-refractivity contribution in [3.05, 3.63) is 74.8 Å². The summed E-state index contributed by atoms with van der Waals surface area (Å²) >= 11 is 5.94. The van der Waals surface area contributed by atoms with Gasteiger partial charge in [0.2, 0.25) is 10.0 Å². The molecule has 0 aliphatic rings. The van der Waals surface area contributed by atoms with E-state index in [2.05, 4.69) is 4.98 Å². The van der Waals surface area contributed by atoms with E-state index < -0.39 is 16.0 Å². The Morgan fingerprint density at radius 2 is 2.00 bits per heavy atom. The van der Waals surface area contributed by atoms with Gasteiger partial charge in [-0.05, 0) is 37.3 Å². The topological polar surface area (TPSA) is 121 Å². The first-order valence-electron chi connectivity index (χ1n) is 7.64. The molecule has 0 radical (unpaired) electrons. The van der Waals surface area contributed by atoms with Gasteiger partial charge >= 0.3 is 5.97 Å². The van der Waals surface area contributed by atoms with Gasteiger partial charge < -0.3 is 4.74 Å². The van der Waals surface area contributed by atoms with E-state index in [1.807, 2.05) is 0 Å². The van der Waals surface area contributed by atoms with Gasteiger partial charge in [-0.25, -0.2) is 23.3 Å². The predicted molar refractivity (Wildman–Crippen MR) is 98.1 cm³/mol. The molecule has 0 atom stereocenters. The van der Waals surface area contributed by atoms with Crippen LogP contribution in [0.25, 0.3) is 5.65 Å². The molecule has 140 valence electrons. The quantitative estimate of drug-likeness (QED) is 0.656. The summed E-state index contributed by atoms with van der Waals surface area (Å²) in [5.74, 6) is -0.864. The summed E-state index contributed by atoms with van der Waals surface area (Å²) in [5, 5.41) is 5.06. The summed E-state index contributed by atoms with van der Waals surface area (Å²) in [4.78, 5) is 28.5. The number of pyridine rings is 1. The van der Waals surface area contributed by atoms with Crippen LogP contribution in [0.4, 0.5) is 0 Å². The zero-order chi connectivity index (χ0) is 19.8. The van der Waals surface area contributed by atoms with Crippen molar-refractivity contribution in [3.63, 3.8) is 0 Å². The molecule has 10 heteroatoms. The Bertz CT molecular complexity index is 1220. The minimum absolute atomic E-state index is 0.00886. The van der Waals surface area contributed by atoms with E-state index in [-0.39, 0.29) is 33.3 Å². The summed E-state index contributed by atoms with van der Waals surface area (Å²) in [7, 11) is -4.00. The average Bonchev–Trinajstić information content (AvgIpc) is 2.59. The molecule has 0 saturated carbocycles. The van der Waals surface area contributed by atoms with Crippen molar-refractivity contribution in [1.82, 2.24) is 9.38 Å². The van der Waals surface area contributed by atoms with E-state index in [9.17, 15) is 18.0 Å². The third-order valence-corrected chi connectivity index (χ3v) is 5.01. The molecule has 2 N–H and O–H groups in total. The van der Waals surface area contributed by atoms with Crippen LogP contribution in [0.2, 0.25) is 5.02 Å². The number of sulfonamides is 1. The Kier molecular flexibility index (Phi) is 5.01. The molecule has 0 bridgehead atoms. The highest BCUT2D eigenvalue weighted by Crippen LogP contribution is 2.21. The van der Waals surface area contributed by atoms with Crippen LogP contribution in [-0.4, -0.2) is 23.8 Å². The maximum absolute atomic E-state index is 12.3. The minimum Gasteiger partial charge on any atom is -0.456 e. The molecule has 27 heavy (non-hydrogen) atoms.